The zero-order chi connectivity index (χ0) is 13.1. The highest BCUT2D eigenvalue weighted by atomic mass is 79.9. The standard InChI is InChI=1S/C11H10BrF2N3S/c12-7-1-2-8(13)6(11(7)14)3-9(17-15)10-4-18-5-16-10/h1-2,4-5,9,17H,3,15H2. The number of benzene rings is 1. The van der Waals surface area contributed by atoms with Crippen molar-refractivity contribution in [2.24, 2.45) is 5.84 Å². The third kappa shape index (κ3) is 2.74. The maximum atomic E-state index is 13.8. The van der Waals surface area contributed by atoms with Gasteiger partial charge < -0.3 is 0 Å². The third-order valence-electron chi connectivity index (χ3n) is 2.56. The Labute approximate surface area is 115 Å². The lowest BCUT2D eigenvalue weighted by atomic mass is 10.0. The quantitative estimate of drug-likeness (QED) is 0.514. The van der Waals surface area contributed by atoms with E-state index in [-0.39, 0.29) is 16.5 Å². The zero-order valence-corrected chi connectivity index (χ0v) is 11.6. The molecule has 0 fully saturated rings. The van der Waals surface area contributed by atoms with E-state index in [2.05, 4.69) is 26.3 Å². The molecular formula is C11H10BrF2N3S. The molecule has 2 rings (SSSR count). The van der Waals surface area contributed by atoms with E-state index in [4.69, 9.17) is 5.84 Å². The van der Waals surface area contributed by atoms with Gasteiger partial charge in [-0.25, -0.2) is 13.8 Å². The summed E-state index contributed by atoms with van der Waals surface area (Å²) >= 11 is 4.44. The summed E-state index contributed by atoms with van der Waals surface area (Å²) in [7, 11) is 0. The van der Waals surface area contributed by atoms with Gasteiger partial charge in [0.05, 0.1) is 21.7 Å². The molecule has 0 aliphatic carbocycles. The van der Waals surface area contributed by atoms with Crippen LogP contribution >= 0.6 is 27.3 Å². The predicted octanol–water partition coefficient (Wildman–Crippen LogP) is 2.93. The molecule has 96 valence electrons. The van der Waals surface area contributed by atoms with Crippen LogP contribution in [-0.4, -0.2) is 4.98 Å². The fraction of sp³-hybridized carbons (Fsp3) is 0.182. The Morgan fingerprint density at radius 2 is 2.22 bits per heavy atom. The molecule has 0 aliphatic rings. The summed E-state index contributed by atoms with van der Waals surface area (Å²) in [5, 5.41) is 1.79. The van der Waals surface area contributed by atoms with Crippen LogP contribution in [0.25, 0.3) is 0 Å². The number of thiazole rings is 1. The number of aromatic nitrogens is 1. The second-order valence-electron chi connectivity index (χ2n) is 3.66. The van der Waals surface area contributed by atoms with Crippen LogP contribution in [0.2, 0.25) is 0 Å². The molecule has 1 aromatic heterocycles. The smallest absolute Gasteiger partial charge is 0.143 e. The Hall–Kier alpha value is -0.890. The van der Waals surface area contributed by atoms with Crippen LogP contribution in [0.4, 0.5) is 8.78 Å². The van der Waals surface area contributed by atoms with Crippen molar-refractivity contribution in [1.29, 1.82) is 0 Å². The molecule has 1 atom stereocenters. The highest BCUT2D eigenvalue weighted by Gasteiger charge is 2.19. The molecule has 0 amide bonds. The molecule has 1 unspecified atom stereocenters. The molecule has 1 heterocycles. The summed E-state index contributed by atoms with van der Waals surface area (Å²) in [6.07, 6.45) is 0.0946. The van der Waals surface area contributed by atoms with Crippen LogP contribution in [0, 0.1) is 11.6 Å². The van der Waals surface area contributed by atoms with Crippen molar-refractivity contribution in [3.63, 3.8) is 0 Å². The first-order chi connectivity index (χ1) is 8.63. The second kappa shape index (κ2) is 5.83. The van der Waals surface area contributed by atoms with E-state index in [0.29, 0.717) is 5.69 Å². The van der Waals surface area contributed by atoms with Crippen LogP contribution in [0.3, 0.4) is 0 Å². The molecule has 1 aromatic carbocycles. The van der Waals surface area contributed by atoms with Gasteiger partial charge >= 0.3 is 0 Å². The number of rotatable bonds is 4. The number of hydrazine groups is 1. The highest BCUT2D eigenvalue weighted by Crippen LogP contribution is 2.26. The van der Waals surface area contributed by atoms with Gasteiger partial charge in [0, 0.05) is 17.4 Å². The molecule has 0 radical (unpaired) electrons. The number of nitrogens with two attached hydrogens (primary N) is 1. The van der Waals surface area contributed by atoms with Gasteiger partial charge in [-0.05, 0) is 28.1 Å². The van der Waals surface area contributed by atoms with Gasteiger partial charge in [-0.2, -0.15) is 0 Å². The number of hydrogen-bond donors (Lipinski definition) is 2. The maximum absolute atomic E-state index is 13.8. The topological polar surface area (TPSA) is 50.9 Å². The fourth-order valence-corrected chi connectivity index (χ4v) is 2.58. The summed E-state index contributed by atoms with van der Waals surface area (Å²) in [6, 6.07) is 2.13. The SMILES string of the molecule is NNC(Cc1c(F)ccc(Br)c1F)c1cscn1. The van der Waals surface area contributed by atoms with Gasteiger partial charge in [-0.1, -0.05) is 0 Å². The second-order valence-corrected chi connectivity index (χ2v) is 5.23. The molecule has 3 nitrogen and oxygen atoms in total. The molecule has 18 heavy (non-hydrogen) atoms. The first-order valence-electron chi connectivity index (χ1n) is 5.10. The molecule has 3 N–H and O–H groups in total. The third-order valence-corrected chi connectivity index (χ3v) is 3.77. The summed E-state index contributed by atoms with van der Waals surface area (Å²) < 4.78 is 27.7. The lowest BCUT2D eigenvalue weighted by Gasteiger charge is -2.15. The average Bonchev–Trinajstić information content (AvgIpc) is 2.88. The van der Waals surface area contributed by atoms with E-state index in [1.165, 1.54) is 23.5 Å². The first-order valence-corrected chi connectivity index (χ1v) is 6.83. The fourth-order valence-electron chi connectivity index (χ4n) is 1.60. The molecule has 7 heteroatoms. The minimum absolute atomic E-state index is 0.0136. The van der Waals surface area contributed by atoms with Gasteiger partial charge in [0.15, 0.2) is 0 Å². The van der Waals surface area contributed by atoms with Crippen molar-refractivity contribution in [3.05, 3.63) is 50.4 Å². The minimum atomic E-state index is -0.606. The van der Waals surface area contributed by atoms with Crippen molar-refractivity contribution in [3.8, 4) is 0 Å². The molecule has 0 aliphatic heterocycles. The molecule has 0 bridgehead atoms. The van der Waals surface area contributed by atoms with E-state index in [1.807, 2.05) is 0 Å². The monoisotopic (exact) mass is 333 g/mol. The molecule has 2 aromatic rings. The minimum Gasteiger partial charge on any atom is -0.271 e. The normalized spacial score (nSPS) is 12.7. The Balaban J connectivity index is 2.30. The predicted molar refractivity (Wildman–Crippen MR) is 69.9 cm³/mol. The van der Waals surface area contributed by atoms with E-state index >= 15 is 0 Å². The number of hydrogen-bond acceptors (Lipinski definition) is 4. The van der Waals surface area contributed by atoms with Gasteiger partial charge in [-0.15, -0.1) is 11.3 Å². The van der Waals surface area contributed by atoms with Crippen LogP contribution in [0.1, 0.15) is 17.3 Å². The van der Waals surface area contributed by atoms with Crippen molar-refractivity contribution >= 4 is 27.3 Å². The van der Waals surface area contributed by atoms with Crippen molar-refractivity contribution < 1.29 is 8.78 Å². The lowest BCUT2D eigenvalue weighted by molar-refractivity contribution is 0.492. The first kappa shape index (κ1) is 13.5. The Morgan fingerprint density at radius 1 is 1.44 bits per heavy atom. The van der Waals surface area contributed by atoms with Gasteiger partial charge in [-0.3, -0.25) is 11.3 Å². The van der Waals surface area contributed by atoms with E-state index < -0.39 is 17.7 Å². The summed E-state index contributed by atoms with van der Waals surface area (Å²) in [4.78, 5) is 4.08. The van der Waals surface area contributed by atoms with E-state index in [0.717, 1.165) is 0 Å². The van der Waals surface area contributed by atoms with Crippen LogP contribution < -0.4 is 11.3 Å². The molecule has 0 saturated heterocycles. The molecule has 0 saturated carbocycles. The molecular weight excluding hydrogens is 324 g/mol. The van der Waals surface area contributed by atoms with Crippen molar-refractivity contribution in [2.75, 3.05) is 0 Å². The Morgan fingerprint density at radius 3 is 2.83 bits per heavy atom. The lowest BCUT2D eigenvalue weighted by Crippen LogP contribution is -2.30. The van der Waals surface area contributed by atoms with Gasteiger partial charge in [0.2, 0.25) is 0 Å². The number of nitrogens with zero attached hydrogens (tertiary/aromatic N) is 1. The Bertz CT molecular complexity index is 533. The maximum Gasteiger partial charge on any atom is 0.143 e. The van der Waals surface area contributed by atoms with Crippen molar-refractivity contribution in [2.45, 2.75) is 12.5 Å². The van der Waals surface area contributed by atoms with E-state index in [1.54, 1.807) is 10.9 Å². The van der Waals surface area contributed by atoms with Crippen LogP contribution in [0.15, 0.2) is 27.5 Å². The number of halogens is 3. The Kier molecular flexibility index (Phi) is 4.39. The highest BCUT2D eigenvalue weighted by molar-refractivity contribution is 9.10. The van der Waals surface area contributed by atoms with Crippen LogP contribution in [-0.2, 0) is 6.42 Å². The van der Waals surface area contributed by atoms with Crippen LogP contribution in [0.5, 0.6) is 0 Å². The summed E-state index contributed by atoms with van der Waals surface area (Å²) in [5.41, 5.74) is 4.82. The number of nitrogens with one attached hydrogen (secondary N) is 1. The van der Waals surface area contributed by atoms with Gasteiger partial charge in [0.25, 0.3) is 0 Å². The van der Waals surface area contributed by atoms with Crippen molar-refractivity contribution in [1.82, 2.24) is 10.4 Å². The summed E-state index contributed by atoms with van der Waals surface area (Å²) in [5.74, 6) is 4.21. The summed E-state index contributed by atoms with van der Waals surface area (Å²) in [6.45, 7) is 0. The zero-order valence-electron chi connectivity index (χ0n) is 9.16. The van der Waals surface area contributed by atoms with E-state index in [9.17, 15) is 8.78 Å². The molecule has 0 spiro atoms. The largest absolute Gasteiger partial charge is 0.271 e. The average molecular weight is 334 g/mol. The van der Waals surface area contributed by atoms with Gasteiger partial charge in [0.1, 0.15) is 11.6 Å².